The SMILES string of the molecule is CC(C)C[C@H](c1c(O)c(C=O)c(O)c(C=O)c1O)[C@H](CCC(C)(C)O)[C@]1(C)CCC2[C@@H](C1)C2(C)C. The van der Waals surface area contributed by atoms with E-state index in [1.165, 1.54) is 0 Å². The predicted molar refractivity (Wildman–Crippen MR) is 136 cm³/mol. The fourth-order valence-electron chi connectivity index (χ4n) is 7.14. The van der Waals surface area contributed by atoms with Gasteiger partial charge in [0.15, 0.2) is 12.6 Å². The lowest BCUT2D eigenvalue weighted by Crippen LogP contribution is -2.37. The number of aldehydes is 2. The van der Waals surface area contributed by atoms with Crippen LogP contribution in [0, 0.1) is 34.5 Å². The molecule has 0 spiro atoms. The topological polar surface area (TPSA) is 115 Å². The standard InChI is InChI=1S/C29H44O6/c1-16(2)12-17(23-25(33)18(14-30)24(32)19(15-31)26(23)34)20(8-10-27(3,4)35)29(7)11-9-21-22(13-29)28(21,5)6/h14-17,20-22,32-35H,8-13H2,1-7H3/t17-,20-,21?,22+,29+/m0/s1. The van der Waals surface area contributed by atoms with E-state index >= 15 is 0 Å². The summed E-state index contributed by atoms with van der Waals surface area (Å²) in [5, 5.41) is 43.3. The van der Waals surface area contributed by atoms with Crippen LogP contribution in [-0.4, -0.2) is 38.6 Å². The van der Waals surface area contributed by atoms with Gasteiger partial charge in [0.2, 0.25) is 0 Å². The molecule has 0 radical (unpaired) electrons. The average molecular weight is 489 g/mol. The van der Waals surface area contributed by atoms with Gasteiger partial charge >= 0.3 is 0 Å². The zero-order chi connectivity index (χ0) is 26.5. The molecule has 1 unspecified atom stereocenters. The van der Waals surface area contributed by atoms with Crippen molar-refractivity contribution in [1.82, 2.24) is 0 Å². The van der Waals surface area contributed by atoms with Crippen LogP contribution in [-0.2, 0) is 0 Å². The smallest absolute Gasteiger partial charge is 0.157 e. The minimum Gasteiger partial charge on any atom is -0.507 e. The number of phenolic OH excluding ortho intramolecular Hbond substituents is 3. The van der Waals surface area contributed by atoms with Crippen LogP contribution >= 0.6 is 0 Å². The summed E-state index contributed by atoms with van der Waals surface area (Å²) in [6.07, 6.45) is 5.64. The normalized spacial score (nSPS) is 27.2. The van der Waals surface area contributed by atoms with Crippen LogP contribution in [0.25, 0.3) is 0 Å². The number of aromatic hydroxyl groups is 3. The minimum atomic E-state index is -0.881. The van der Waals surface area contributed by atoms with Crippen LogP contribution in [0.3, 0.4) is 0 Å². The summed E-state index contributed by atoms with van der Waals surface area (Å²) >= 11 is 0. The fraction of sp³-hybridized carbons (Fsp3) is 0.724. The highest BCUT2D eigenvalue weighted by Gasteiger charge is 2.62. The molecule has 2 fully saturated rings. The lowest BCUT2D eigenvalue weighted by atomic mass is 9.58. The van der Waals surface area contributed by atoms with E-state index in [9.17, 15) is 30.0 Å². The van der Waals surface area contributed by atoms with E-state index < -0.39 is 22.8 Å². The van der Waals surface area contributed by atoms with Crippen molar-refractivity contribution in [3.8, 4) is 17.2 Å². The highest BCUT2D eigenvalue weighted by atomic mass is 16.3. The third kappa shape index (κ3) is 5.09. The molecule has 196 valence electrons. The Kier molecular flexibility index (Phi) is 7.40. The quantitative estimate of drug-likeness (QED) is 0.292. The Morgan fingerprint density at radius 1 is 0.971 bits per heavy atom. The van der Waals surface area contributed by atoms with Gasteiger partial charge in [0.05, 0.1) is 16.7 Å². The summed E-state index contributed by atoms with van der Waals surface area (Å²) in [6.45, 7) is 14.7. The second-order valence-electron chi connectivity index (χ2n) is 13.1. The molecule has 0 saturated heterocycles. The molecular weight excluding hydrogens is 444 g/mol. The van der Waals surface area contributed by atoms with Crippen LogP contribution in [0.4, 0.5) is 0 Å². The Bertz CT molecular complexity index is 937. The van der Waals surface area contributed by atoms with Gasteiger partial charge in [-0.1, -0.05) is 34.6 Å². The van der Waals surface area contributed by atoms with Gasteiger partial charge in [0.1, 0.15) is 17.2 Å². The molecule has 4 N–H and O–H groups in total. The van der Waals surface area contributed by atoms with Gasteiger partial charge in [-0.3, -0.25) is 9.59 Å². The first-order valence-electron chi connectivity index (χ1n) is 13.0. The van der Waals surface area contributed by atoms with Crippen LogP contribution < -0.4 is 0 Å². The number of phenols is 3. The summed E-state index contributed by atoms with van der Waals surface area (Å²) < 4.78 is 0. The van der Waals surface area contributed by atoms with Crippen LogP contribution in [0.2, 0.25) is 0 Å². The molecule has 3 rings (SSSR count). The molecule has 5 atom stereocenters. The summed E-state index contributed by atoms with van der Waals surface area (Å²) in [5.74, 6) is -0.457. The first-order valence-corrected chi connectivity index (χ1v) is 13.0. The summed E-state index contributed by atoms with van der Waals surface area (Å²) in [5.41, 5.74) is -1.25. The summed E-state index contributed by atoms with van der Waals surface area (Å²) in [7, 11) is 0. The van der Waals surface area contributed by atoms with Crippen molar-refractivity contribution in [3.63, 3.8) is 0 Å². The van der Waals surface area contributed by atoms with Gasteiger partial charge in [-0.2, -0.15) is 0 Å². The molecule has 2 saturated carbocycles. The number of rotatable bonds is 10. The molecule has 1 aromatic rings. The van der Waals surface area contributed by atoms with Crippen molar-refractivity contribution < 1.29 is 30.0 Å². The molecule has 0 aromatic heterocycles. The second-order valence-corrected chi connectivity index (χ2v) is 13.1. The molecule has 35 heavy (non-hydrogen) atoms. The first-order chi connectivity index (χ1) is 16.1. The Morgan fingerprint density at radius 2 is 1.51 bits per heavy atom. The fourth-order valence-corrected chi connectivity index (χ4v) is 7.14. The van der Waals surface area contributed by atoms with E-state index in [4.69, 9.17) is 0 Å². The van der Waals surface area contributed by atoms with E-state index in [0.29, 0.717) is 49.1 Å². The minimum absolute atomic E-state index is 0.0194. The Balaban J connectivity index is 2.19. The predicted octanol–water partition coefficient (Wildman–Crippen LogP) is 6.19. The maximum Gasteiger partial charge on any atom is 0.157 e. The van der Waals surface area contributed by atoms with Gasteiger partial charge in [-0.05, 0) is 92.8 Å². The Labute approximate surface area is 209 Å². The molecule has 0 aliphatic heterocycles. The van der Waals surface area contributed by atoms with Crippen LogP contribution in [0.15, 0.2) is 0 Å². The number of carbonyl (C=O) groups excluding carboxylic acids is 2. The van der Waals surface area contributed by atoms with E-state index in [-0.39, 0.29) is 39.9 Å². The molecule has 2 aliphatic carbocycles. The maximum absolute atomic E-state index is 11.8. The van der Waals surface area contributed by atoms with Gasteiger partial charge in [-0.25, -0.2) is 0 Å². The molecule has 6 nitrogen and oxygen atoms in total. The van der Waals surface area contributed by atoms with E-state index in [1.807, 2.05) is 0 Å². The van der Waals surface area contributed by atoms with Crippen molar-refractivity contribution in [2.75, 3.05) is 0 Å². The molecule has 0 heterocycles. The third-order valence-electron chi connectivity index (χ3n) is 9.31. The van der Waals surface area contributed by atoms with E-state index in [0.717, 1.165) is 19.3 Å². The highest BCUT2D eigenvalue weighted by Crippen LogP contribution is 2.70. The molecule has 2 aliphatic rings. The average Bonchev–Trinajstić information content (AvgIpc) is 3.26. The van der Waals surface area contributed by atoms with Gasteiger partial charge < -0.3 is 20.4 Å². The lowest BCUT2D eigenvalue weighted by molar-refractivity contribution is 0.0285. The van der Waals surface area contributed by atoms with Crippen molar-refractivity contribution in [2.45, 2.75) is 98.5 Å². The highest BCUT2D eigenvalue weighted by molar-refractivity contribution is 5.95. The van der Waals surface area contributed by atoms with Gasteiger partial charge in [0.25, 0.3) is 0 Å². The number of carbonyl (C=O) groups is 2. The van der Waals surface area contributed by atoms with Gasteiger partial charge in [-0.15, -0.1) is 0 Å². The van der Waals surface area contributed by atoms with Crippen molar-refractivity contribution in [3.05, 3.63) is 16.7 Å². The van der Waals surface area contributed by atoms with Crippen molar-refractivity contribution in [2.24, 2.45) is 34.5 Å². The number of aliphatic hydroxyl groups is 1. The third-order valence-corrected chi connectivity index (χ3v) is 9.31. The number of fused-ring (bicyclic) bond motifs is 1. The molecule has 6 heteroatoms. The number of hydrogen-bond donors (Lipinski definition) is 4. The maximum atomic E-state index is 11.8. The monoisotopic (exact) mass is 488 g/mol. The Morgan fingerprint density at radius 3 is 1.94 bits per heavy atom. The van der Waals surface area contributed by atoms with Crippen LogP contribution in [0.5, 0.6) is 17.2 Å². The number of benzene rings is 1. The molecule has 0 bridgehead atoms. The van der Waals surface area contributed by atoms with E-state index in [2.05, 4.69) is 34.6 Å². The molecular formula is C29H44O6. The zero-order valence-electron chi connectivity index (χ0n) is 22.4. The largest absolute Gasteiger partial charge is 0.507 e. The number of hydrogen-bond acceptors (Lipinski definition) is 6. The summed E-state index contributed by atoms with van der Waals surface area (Å²) in [4.78, 5) is 23.6. The zero-order valence-corrected chi connectivity index (χ0v) is 22.4. The van der Waals surface area contributed by atoms with E-state index in [1.54, 1.807) is 13.8 Å². The van der Waals surface area contributed by atoms with Crippen molar-refractivity contribution >= 4 is 12.6 Å². The Hall–Kier alpha value is -2.08. The lowest BCUT2D eigenvalue weighted by Gasteiger charge is -2.46. The molecule has 0 amide bonds. The first kappa shape index (κ1) is 27.5. The second kappa shape index (κ2) is 9.42. The van der Waals surface area contributed by atoms with Crippen LogP contribution in [0.1, 0.15) is 119 Å². The summed E-state index contributed by atoms with van der Waals surface area (Å²) in [6, 6.07) is 0. The molecule has 1 aromatic carbocycles. The van der Waals surface area contributed by atoms with Crippen molar-refractivity contribution in [1.29, 1.82) is 0 Å². The van der Waals surface area contributed by atoms with Gasteiger partial charge in [0, 0.05) is 5.56 Å².